The summed E-state index contributed by atoms with van der Waals surface area (Å²) in [6, 6.07) is 9.31. The van der Waals surface area contributed by atoms with Crippen LogP contribution < -0.4 is 0 Å². The molecular weight excluding hydrogens is 310 g/mol. The van der Waals surface area contributed by atoms with Crippen LogP contribution >= 0.6 is 0 Å². The molecule has 1 saturated heterocycles. The first-order valence-electron chi connectivity index (χ1n) is 8.13. The van der Waals surface area contributed by atoms with Gasteiger partial charge in [-0.25, -0.2) is 4.79 Å². The van der Waals surface area contributed by atoms with Gasteiger partial charge in [0.1, 0.15) is 12.2 Å². The molecule has 1 fully saturated rings. The molecule has 130 valence electrons. The zero-order chi connectivity index (χ0) is 17.7. The summed E-state index contributed by atoms with van der Waals surface area (Å²) in [7, 11) is 0. The Morgan fingerprint density at radius 1 is 1.29 bits per heavy atom. The van der Waals surface area contributed by atoms with Crippen LogP contribution in [0.2, 0.25) is 0 Å². The zero-order valence-corrected chi connectivity index (χ0v) is 14.0. The Kier molecular flexibility index (Phi) is 5.59. The molecule has 0 radical (unpaired) electrons. The number of ether oxygens (including phenoxy) is 1. The maximum absolute atomic E-state index is 12.4. The maximum Gasteiger partial charge on any atom is 0.408 e. The standard InChI is InChI=1S/C18H23NO5/c1-3-24-16(21)11-15(20)13-9-10-19(17(22)23)18(2,12-13)14-7-5-4-6-8-14/h4-8,13H,3,9-12H2,1-2H3,(H,22,23)/t13-,18+/m1/s1. The fourth-order valence-corrected chi connectivity index (χ4v) is 3.37. The van der Waals surface area contributed by atoms with Crippen LogP contribution in [0.15, 0.2) is 30.3 Å². The van der Waals surface area contributed by atoms with Gasteiger partial charge in [-0.1, -0.05) is 30.3 Å². The lowest BCUT2D eigenvalue weighted by Crippen LogP contribution is -2.53. The average molecular weight is 333 g/mol. The average Bonchev–Trinajstić information content (AvgIpc) is 2.55. The quantitative estimate of drug-likeness (QED) is 0.661. The summed E-state index contributed by atoms with van der Waals surface area (Å²) in [5.41, 5.74) is 0.0568. The molecule has 0 aromatic heterocycles. The molecular formula is C18H23NO5. The Morgan fingerprint density at radius 2 is 1.96 bits per heavy atom. The summed E-state index contributed by atoms with van der Waals surface area (Å²) >= 11 is 0. The van der Waals surface area contributed by atoms with Crippen LogP contribution in [-0.2, 0) is 19.9 Å². The van der Waals surface area contributed by atoms with Crippen LogP contribution in [0.4, 0.5) is 4.79 Å². The number of esters is 1. The highest BCUT2D eigenvalue weighted by atomic mass is 16.5. The molecule has 6 nitrogen and oxygen atoms in total. The summed E-state index contributed by atoms with van der Waals surface area (Å²) in [5, 5.41) is 9.54. The van der Waals surface area contributed by atoms with Crippen molar-refractivity contribution in [3.63, 3.8) is 0 Å². The van der Waals surface area contributed by atoms with E-state index in [-0.39, 0.29) is 31.3 Å². The molecule has 6 heteroatoms. The van der Waals surface area contributed by atoms with Gasteiger partial charge in [0.15, 0.2) is 0 Å². The molecule has 2 atom stereocenters. The number of hydrogen-bond donors (Lipinski definition) is 1. The molecule has 0 aliphatic carbocycles. The summed E-state index contributed by atoms with van der Waals surface area (Å²) in [6.45, 7) is 4.03. The fraction of sp³-hybridized carbons (Fsp3) is 0.500. The first-order valence-corrected chi connectivity index (χ1v) is 8.13. The predicted octanol–water partition coefficient (Wildman–Crippen LogP) is 2.81. The predicted molar refractivity (Wildman–Crippen MR) is 87.5 cm³/mol. The van der Waals surface area contributed by atoms with Crippen LogP contribution in [-0.4, -0.2) is 41.0 Å². The molecule has 0 saturated carbocycles. The van der Waals surface area contributed by atoms with Gasteiger partial charge in [0.2, 0.25) is 0 Å². The number of hydrogen-bond acceptors (Lipinski definition) is 4. The first-order chi connectivity index (χ1) is 11.4. The summed E-state index contributed by atoms with van der Waals surface area (Å²) in [5.74, 6) is -1.06. The Morgan fingerprint density at radius 3 is 2.54 bits per heavy atom. The number of ketones is 1. The molecule has 0 unspecified atom stereocenters. The first kappa shape index (κ1) is 18.0. The van der Waals surface area contributed by atoms with E-state index in [1.807, 2.05) is 37.3 Å². The van der Waals surface area contributed by atoms with Gasteiger partial charge < -0.3 is 9.84 Å². The molecule has 1 aliphatic heterocycles. The SMILES string of the molecule is CCOC(=O)CC(=O)[C@@H]1CCN(C(=O)O)[C@](C)(c2ccccc2)C1. The maximum atomic E-state index is 12.4. The number of carbonyl (C=O) groups is 3. The third-order valence-electron chi connectivity index (χ3n) is 4.65. The number of nitrogens with zero attached hydrogens (tertiary/aromatic N) is 1. The lowest BCUT2D eigenvalue weighted by atomic mass is 9.75. The van der Waals surface area contributed by atoms with Gasteiger partial charge in [0, 0.05) is 12.5 Å². The van der Waals surface area contributed by atoms with E-state index < -0.39 is 17.6 Å². The van der Waals surface area contributed by atoms with Crippen molar-refractivity contribution in [2.24, 2.45) is 5.92 Å². The second-order valence-electron chi connectivity index (χ2n) is 6.21. The number of Topliss-reactive ketones (excluding diaryl/α,β-unsaturated/α-hetero) is 1. The largest absolute Gasteiger partial charge is 0.466 e. The van der Waals surface area contributed by atoms with E-state index >= 15 is 0 Å². The van der Waals surface area contributed by atoms with Crippen LogP contribution in [0.5, 0.6) is 0 Å². The van der Waals surface area contributed by atoms with Gasteiger partial charge in [-0.3, -0.25) is 14.5 Å². The van der Waals surface area contributed by atoms with E-state index in [9.17, 15) is 19.5 Å². The minimum Gasteiger partial charge on any atom is -0.466 e. The second-order valence-corrected chi connectivity index (χ2v) is 6.21. The minimum atomic E-state index is -1.00. The number of piperidine rings is 1. The molecule has 1 aromatic rings. The Hall–Kier alpha value is -2.37. The number of benzene rings is 1. The van der Waals surface area contributed by atoms with Gasteiger partial charge in [-0.05, 0) is 32.3 Å². The third-order valence-corrected chi connectivity index (χ3v) is 4.65. The lowest BCUT2D eigenvalue weighted by Gasteiger charge is -2.46. The van der Waals surface area contributed by atoms with Gasteiger partial charge in [-0.15, -0.1) is 0 Å². The highest BCUT2D eigenvalue weighted by molar-refractivity contribution is 5.97. The second kappa shape index (κ2) is 7.47. The Labute approximate surface area is 141 Å². The number of rotatable bonds is 5. The van der Waals surface area contributed by atoms with Crippen molar-refractivity contribution in [1.29, 1.82) is 0 Å². The summed E-state index contributed by atoms with van der Waals surface area (Å²) < 4.78 is 4.84. The van der Waals surface area contributed by atoms with Crippen molar-refractivity contribution in [2.75, 3.05) is 13.2 Å². The normalized spacial score (nSPS) is 23.6. The van der Waals surface area contributed by atoms with E-state index in [0.29, 0.717) is 12.8 Å². The number of likely N-dealkylation sites (tertiary alicyclic amines) is 1. The molecule has 0 spiro atoms. The highest BCUT2D eigenvalue weighted by Crippen LogP contribution is 2.40. The number of carboxylic acid groups (broad SMARTS) is 1. The van der Waals surface area contributed by atoms with Crippen molar-refractivity contribution in [3.8, 4) is 0 Å². The minimum absolute atomic E-state index is 0.180. The molecule has 1 aliphatic rings. The molecule has 1 N–H and O–H groups in total. The van der Waals surface area contributed by atoms with Gasteiger partial charge >= 0.3 is 12.1 Å². The molecule has 1 amide bonds. The van der Waals surface area contributed by atoms with Crippen LogP contribution in [0.1, 0.15) is 38.7 Å². The van der Waals surface area contributed by atoms with Crippen molar-refractivity contribution in [3.05, 3.63) is 35.9 Å². The fourth-order valence-electron chi connectivity index (χ4n) is 3.37. The van der Waals surface area contributed by atoms with Crippen molar-refractivity contribution in [1.82, 2.24) is 4.90 Å². The topological polar surface area (TPSA) is 83.9 Å². The van der Waals surface area contributed by atoms with E-state index in [1.165, 1.54) is 4.90 Å². The van der Waals surface area contributed by atoms with E-state index in [0.717, 1.165) is 5.56 Å². The molecule has 2 rings (SSSR count). The van der Waals surface area contributed by atoms with E-state index in [4.69, 9.17) is 4.74 Å². The van der Waals surface area contributed by atoms with Crippen LogP contribution in [0.3, 0.4) is 0 Å². The summed E-state index contributed by atoms with van der Waals surface area (Å²) in [4.78, 5) is 37.0. The van der Waals surface area contributed by atoms with E-state index in [2.05, 4.69) is 0 Å². The lowest BCUT2D eigenvalue weighted by molar-refractivity contribution is -0.147. The smallest absolute Gasteiger partial charge is 0.408 e. The molecule has 1 aromatic carbocycles. The van der Waals surface area contributed by atoms with Crippen molar-refractivity contribution < 1.29 is 24.2 Å². The van der Waals surface area contributed by atoms with Gasteiger partial charge in [0.05, 0.1) is 12.1 Å². The van der Waals surface area contributed by atoms with Gasteiger partial charge in [-0.2, -0.15) is 0 Å². The van der Waals surface area contributed by atoms with Crippen molar-refractivity contribution >= 4 is 17.8 Å². The molecule has 0 bridgehead atoms. The number of amides is 1. The zero-order valence-electron chi connectivity index (χ0n) is 14.0. The van der Waals surface area contributed by atoms with E-state index in [1.54, 1.807) is 6.92 Å². The third kappa shape index (κ3) is 3.75. The summed E-state index contributed by atoms with van der Waals surface area (Å²) in [6.07, 6.45) is -0.469. The molecule has 1 heterocycles. The Balaban J connectivity index is 2.21. The monoisotopic (exact) mass is 333 g/mol. The molecule has 24 heavy (non-hydrogen) atoms. The highest BCUT2D eigenvalue weighted by Gasteiger charge is 2.44. The number of carbonyl (C=O) groups excluding carboxylic acids is 2. The van der Waals surface area contributed by atoms with Crippen LogP contribution in [0, 0.1) is 5.92 Å². The van der Waals surface area contributed by atoms with Crippen LogP contribution in [0.25, 0.3) is 0 Å². The van der Waals surface area contributed by atoms with Gasteiger partial charge in [0.25, 0.3) is 0 Å². The van der Waals surface area contributed by atoms with Crippen molar-refractivity contribution in [2.45, 2.75) is 38.6 Å². The Bertz CT molecular complexity index is 615.